The van der Waals surface area contributed by atoms with Crippen molar-refractivity contribution in [2.24, 2.45) is 0 Å². The van der Waals surface area contributed by atoms with Crippen molar-refractivity contribution in [3.8, 4) is 0 Å². The second-order valence-corrected chi connectivity index (χ2v) is 5.91. The van der Waals surface area contributed by atoms with Gasteiger partial charge in [0.1, 0.15) is 0 Å². The molecule has 1 aliphatic rings. The number of hydrogen-bond acceptors (Lipinski definition) is 3. The molecule has 0 amide bonds. The zero-order valence-corrected chi connectivity index (χ0v) is 13.2. The van der Waals surface area contributed by atoms with Crippen LogP contribution in [0.3, 0.4) is 0 Å². The van der Waals surface area contributed by atoms with Gasteiger partial charge in [0.15, 0.2) is 0 Å². The molecule has 1 saturated heterocycles. The first-order chi connectivity index (χ1) is 10.3. The topological polar surface area (TPSA) is 24.5 Å². The Morgan fingerprint density at radius 3 is 2.62 bits per heavy atom. The molecular weight excluding hydrogens is 260 g/mol. The molecule has 0 radical (unpaired) electrons. The summed E-state index contributed by atoms with van der Waals surface area (Å²) >= 11 is 0. The SMILES string of the molecule is C=CCN(CCOC)CC1(c2ccccc2)CCNCC1. The summed E-state index contributed by atoms with van der Waals surface area (Å²) < 4.78 is 5.26. The van der Waals surface area contributed by atoms with Gasteiger partial charge in [0.05, 0.1) is 6.61 Å². The Bertz CT molecular complexity index is 412. The predicted molar refractivity (Wildman–Crippen MR) is 88.7 cm³/mol. The Balaban J connectivity index is 2.16. The summed E-state index contributed by atoms with van der Waals surface area (Å²) in [6.45, 7) is 9.84. The summed E-state index contributed by atoms with van der Waals surface area (Å²) in [6.07, 6.45) is 4.38. The maximum Gasteiger partial charge on any atom is 0.0589 e. The zero-order chi connectivity index (χ0) is 15.0. The number of nitrogens with zero attached hydrogens (tertiary/aromatic N) is 1. The van der Waals surface area contributed by atoms with Gasteiger partial charge in [-0.05, 0) is 31.5 Å². The Labute approximate surface area is 129 Å². The van der Waals surface area contributed by atoms with Gasteiger partial charge in [-0.15, -0.1) is 6.58 Å². The minimum Gasteiger partial charge on any atom is -0.383 e. The molecule has 1 aromatic rings. The van der Waals surface area contributed by atoms with Gasteiger partial charge in [0, 0.05) is 32.2 Å². The largest absolute Gasteiger partial charge is 0.383 e. The van der Waals surface area contributed by atoms with Crippen molar-refractivity contribution >= 4 is 0 Å². The van der Waals surface area contributed by atoms with Crippen molar-refractivity contribution in [3.63, 3.8) is 0 Å². The lowest BCUT2D eigenvalue weighted by molar-refractivity contribution is 0.127. The number of ether oxygens (including phenoxy) is 1. The Morgan fingerprint density at radius 2 is 2.00 bits per heavy atom. The van der Waals surface area contributed by atoms with Gasteiger partial charge in [-0.3, -0.25) is 4.90 Å². The van der Waals surface area contributed by atoms with Crippen LogP contribution in [0.4, 0.5) is 0 Å². The van der Waals surface area contributed by atoms with E-state index in [-0.39, 0.29) is 5.41 Å². The number of rotatable bonds is 8. The van der Waals surface area contributed by atoms with Crippen LogP contribution < -0.4 is 5.32 Å². The van der Waals surface area contributed by atoms with Gasteiger partial charge in [-0.25, -0.2) is 0 Å². The molecule has 3 nitrogen and oxygen atoms in total. The van der Waals surface area contributed by atoms with Crippen LogP contribution in [0.1, 0.15) is 18.4 Å². The van der Waals surface area contributed by atoms with Crippen LogP contribution in [-0.4, -0.2) is 51.3 Å². The molecule has 1 N–H and O–H groups in total. The third-order valence-corrected chi connectivity index (χ3v) is 4.47. The van der Waals surface area contributed by atoms with E-state index in [0.29, 0.717) is 0 Å². The first kappa shape index (κ1) is 16.2. The Morgan fingerprint density at radius 1 is 1.29 bits per heavy atom. The lowest BCUT2D eigenvalue weighted by atomic mass is 9.72. The summed E-state index contributed by atoms with van der Waals surface area (Å²) in [7, 11) is 1.77. The monoisotopic (exact) mass is 288 g/mol. The average molecular weight is 288 g/mol. The summed E-state index contributed by atoms with van der Waals surface area (Å²) in [6, 6.07) is 11.0. The number of methoxy groups -OCH3 is 1. The van der Waals surface area contributed by atoms with Gasteiger partial charge in [0.25, 0.3) is 0 Å². The van der Waals surface area contributed by atoms with Crippen molar-refractivity contribution in [3.05, 3.63) is 48.6 Å². The zero-order valence-electron chi connectivity index (χ0n) is 13.2. The van der Waals surface area contributed by atoms with E-state index >= 15 is 0 Å². The highest BCUT2D eigenvalue weighted by atomic mass is 16.5. The van der Waals surface area contributed by atoms with E-state index in [1.165, 1.54) is 18.4 Å². The summed E-state index contributed by atoms with van der Waals surface area (Å²) in [5, 5.41) is 3.49. The molecule has 0 unspecified atom stereocenters. The number of hydrogen-bond donors (Lipinski definition) is 1. The van der Waals surface area contributed by atoms with E-state index in [9.17, 15) is 0 Å². The van der Waals surface area contributed by atoms with E-state index in [2.05, 4.69) is 47.1 Å². The molecule has 1 aliphatic heterocycles. The summed E-state index contributed by atoms with van der Waals surface area (Å²) in [4.78, 5) is 2.47. The first-order valence-electron chi connectivity index (χ1n) is 7.89. The lowest BCUT2D eigenvalue weighted by Crippen LogP contribution is -2.48. The second-order valence-electron chi connectivity index (χ2n) is 5.91. The van der Waals surface area contributed by atoms with E-state index < -0.39 is 0 Å². The van der Waals surface area contributed by atoms with Crippen LogP contribution in [0.5, 0.6) is 0 Å². The van der Waals surface area contributed by atoms with E-state index in [1.54, 1.807) is 7.11 Å². The quantitative estimate of drug-likeness (QED) is 0.744. The molecule has 0 aliphatic carbocycles. The molecule has 1 heterocycles. The molecule has 21 heavy (non-hydrogen) atoms. The Kier molecular flexibility index (Phi) is 6.43. The van der Waals surface area contributed by atoms with Crippen LogP contribution in [0.25, 0.3) is 0 Å². The highest BCUT2D eigenvalue weighted by Crippen LogP contribution is 2.34. The third kappa shape index (κ3) is 4.40. The van der Waals surface area contributed by atoms with E-state index in [4.69, 9.17) is 4.74 Å². The number of piperidine rings is 1. The summed E-state index contributed by atoms with van der Waals surface area (Å²) in [5.74, 6) is 0. The smallest absolute Gasteiger partial charge is 0.0589 e. The number of nitrogens with one attached hydrogen (secondary N) is 1. The van der Waals surface area contributed by atoms with Gasteiger partial charge in [-0.2, -0.15) is 0 Å². The molecule has 1 aromatic carbocycles. The standard InChI is InChI=1S/C18H28N2O/c1-3-13-20(14-15-21-2)16-18(9-11-19-12-10-18)17-7-5-4-6-8-17/h3-8,19H,1,9-16H2,2H3. The van der Waals surface area contributed by atoms with Gasteiger partial charge in [-0.1, -0.05) is 36.4 Å². The second kappa shape index (κ2) is 8.32. The molecule has 0 atom stereocenters. The first-order valence-corrected chi connectivity index (χ1v) is 7.89. The van der Waals surface area contributed by atoms with Crippen LogP contribution in [0, 0.1) is 0 Å². The normalized spacial score (nSPS) is 17.8. The Hall–Kier alpha value is -1.16. The van der Waals surface area contributed by atoms with Crippen molar-refractivity contribution in [1.29, 1.82) is 0 Å². The average Bonchev–Trinajstić information content (AvgIpc) is 2.54. The fourth-order valence-corrected chi connectivity index (χ4v) is 3.30. The van der Waals surface area contributed by atoms with Crippen molar-refractivity contribution in [2.75, 3.05) is 46.4 Å². The van der Waals surface area contributed by atoms with Crippen molar-refractivity contribution in [2.45, 2.75) is 18.3 Å². The van der Waals surface area contributed by atoms with E-state index in [0.717, 1.165) is 39.3 Å². The molecule has 0 aromatic heterocycles. The minimum absolute atomic E-state index is 0.253. The molecular formula is C18H28N2O. The fourth-order valence-electron chi connectivity index (χ4n) is 3.30. The molecule has 0 saturated carbocycles. The molecule has 0 spiro atoms. The van der Waals surface area contributed by atoms with Gasteiger partial charge >= 0.3 is 0 Å². The van der Waals surface area contributed by atoms with Gasteiger partial charge < -0.3 is 10.1 Å². The molecule has 2 rings (SSSR count). The maximum absolute atomic E-state index is 5.26. The molecule has 3 heteroatoms. The highest BCUT2D eigenvalue weighted by Gasteiger charge is 2.35. The van der Waals surface area contributed by atoms with Crippen molar-refractivity contribution in [1.82, 2.24) is 10.2 Å². The predicted octanol–water partition coefficient (Wildman–Crippen LogP) is 2.44. The number of benzene rings is 1. The highest BCUT2D eigenvalue weighted by molar-refractivity contribution is 5.27. The van der Waals surface area contributed by atoms with Crippen molar-refractivity contribution < 1.29 is 4.74 Å². The summed E-state index contributed by atoms with van der Waals surface area (Å²) in [5.41, 5.74) is 1.72. The minimum atomic E-state index is 0.253. The lowest BCUT2D eigenvalue weighted by Gasteiger charge is -2.42. The molecule has 116 valence electrons. The van der Waals surface area contributed by atoms with Crippen LogP contribution >= 0.6 is 0 Å². The van der Waals surface area contributed by atoms with Crippen LogP contribution in [0.15, 0.2) is 43.0 Å². The van der Waals surface area contributed by atoms with Gasteiger partial charge in [0.2, 0.25) is 0 Å². The third-order valence-electron chi connectivity index (χ3n) is 4.47. The van der Waals surface area contributed by atoms with Crippen LogP contribution in [-0.2, 0) is 10.2 Å². The van der Waals surface area contributed by atoms with Crippen LogP contribution in [0.2, 0.25) is 0 Å². The molecule has 1 fully saturated rings. The maximum atomic E-state index is 5.26. The molecule has 0 bridgehead atoms. The fraction of sp³-hybridized carbons (Fsp3) is 0.556. The van der Waals surface area contributed by atoms with E-state index in [1.807, 2.05) is 6.08 Å².